The molecule has 3 N–H and O–H groups in total. The van der Waals surface area contributed by atoms with Crippen molar-refractivity contribution < 1.29 is 9.50 Å². The first kappa shape index (κ1) is 19.3. The van der Waals surface area contributed by atoms with Crippen molar-refractivity contribution in [3.63, 3.8) is 0 Å². The summed E-state index contributed by atoms with van der Waals surface area (Å²) in [6.45, 7) is 2.01. The Morgan fingerprint density at radius 2 is 2.10 bits per heavy atom. The van der Waals surface area contributed by atoms with Crippen LogP contribution in [0.5, 0.6) is 0 Å². The van der Waals surface area contributed by atoms with Gasteiger partial charge >= 0.3 is 0 Å². The van der Waals surface area contributed by atoms with E-state index in [0.29, 0.717) is 5.71 Å². The minimum absolute atomic E-state index is 0.0323. The van der Waals surface area contributed by atoms with Crippen LogP contribution in [0, 0.1) is 29.5 Å². The zero-order valence-electron chi connectivity index (χ0n) is 15.9. The first-order valence-electron chi connectivity index (χ1n) is 9.38. The van der Waals surface area contributed by atoms with E-state index in [2.05, 4.69) is 5.32 Å². The van der Waals surface area contributed by atoms with E-state index < -0.39 is 5.82 Å². The fraction of sp³-hybridized carbons (Fsp3) is 0.217. The molecule has 1 fully saturated rings. The van der Waals surface area contributed by atoms with Gasteiger partial charge in [-0.25, -0.2) is 4.39 Å². The maximum atomic E-state index is 14.2. The zero-order chi connectivity index (χ0) is 20.5. The van der Waals surface area contributed by atoms with Gasteiger partial charge in [0.25, 0.3) is 0 Å². The predicted molar refractivity (Wildman–Crippen MR) is 114 cm³/mol. The summed E-state index contributed by atoms with van der Waals surface area (Å²) in [5.41, 5.74) is 3.82. The molecule has 0 bridgehead atoms. The van der Waals surface area contributed by atoms with Crippen molar-refractivity contribution in [2.45, 2.75) is 31.9 Å². The van der Waals surface area contributed by atoms with Gasteiger partial charge < -0.3 is 15.8 Å². The summed E-state index contributed by atoms with van der Waals surface area (Å²) >= 11 is 1.62. The molecule has 2 aromatic rings. The minimum Gasteiger partial charge on any atom is -0.393 e. The molecule has 4 rings (SSSR count). The summed E-state index contributed by atoms with van der Waals surface area (Å²) in [6.07, 6.45) is 8.68. The molecule has 2 aliphatic carbocycles. The van der Waals surface area contributed by atoms with E-state index in [1.807, 2.05) is 37.4 Å². The largest absolute Gasteiger partial charge is 0.393 e. The summed E-state index contributed by atoms with van der Waals surface area (Å²) in [6, 6.07) is 8.79. The third-order valence-corrected chi connectivity index (χ3v) is 6.26. The molecule has 0 atom stereocenters. The maximum Gasteiger partial charge on any atom is 0.141 e. The minimum atomic E-state index is -0.526. The van der Waals surface area contributed by atoms with Gasteiger partial charge in [-0.2, -0.15) is 5.26 Å². The van der Waals surface area contributed by atoms with E-state index in [9.17, 15) is 9.50 Å². The summed E-state index contributed by atoms with van der Waals surface area (Å²) in [4.78, 5) is 2.10. The third-order valence-electron chi connectivity index (χ3n) is 5.16. The van der Waals surface area contributed by atoms with Gasteiger partial charge in [0, 0.05) is 33.1 Å². The average molecular weight is 405 g/mol. The SMILES string of the molecule is Cc1cc(-c2ccc(C#N)c(F)c2)c(C2=C/C(=C/NC3CC(O)C3)C(=N)C=C2)s1. The van der Waals surface area contributed by atoms with Crippen molar-refractivity contribution in [1.82, 2.24) is 5.32 Å². The second-order valence-electron chi connectivity index (χ2n) is 7.34. The summed E-state index contributed by atoms with van der Waals surface area (Å²) in [5, 5.41) is 29.9. The molecule has 0 saturated heterocycles. The summed E-state index contributed by atoms with van der Waals surface area (Å²) in [5.74, 6) is -0.526. The van der Waals surface area contributed by atoms with Crippen LogP contribution in [0.25, 0.3) is 16.7 Å². The van der Waals surface area contributed by atoms with E-state index in [4.69, 9.17) is 10.7 Å². The number of aliphatic hydroxyl groups is 1. The first-order chi connectivity index (χ1) is 13.9. The lowest BCUT2D eigenvalue weighted by Crippen LogP contribution is -2.42. The topological polar surface area (TPSA) is 79.9 Å². The summed E-state index contributed by atoms with van der Waals surface area (Å²) < 4.78 is 14.2. The molecule has 0 amide bonds. The van der Waals surface area contributed by atoms with Crippen molar-refractivity contribution in [3.8, 4) is 17.2 Å². The van der Waals surface area contributed by atoms with Crippen LogP contribution in [-0.2, 0) is 0 Å². The van der Waals surface area contributed by atoms with Crippen LogP contribution in [0.3, 0.4) is 0 Å². The van der Waals surface area contributed by atoms with Crippen LogP contribution in [-0.4, -0.2) is 23.0 Å². The van der Waals surface area contributed by atoms with Crippen LogP contribution in [0.1, 0.15) is 28.2 Å². The molecule has 0 unspecified atom stereocenters. The molecular weight excluding hydrogens is 385 g/mol. The molecular formula is C23H20FN3OS. The van der Waals surface area contributed by atoms with Crippen molar-refractivity contribution in [2.24, 2.45) is 0 Å². The highest BCUT2D eigenvalue weighted by Crippen LogP contribution is 2.38. The number of aryl methyl sites for hydroxylation is 1. The van der Waals surface area contributed by atoms with E-state index in [0.717, 1.165) is 44.9 Å². The Morgan fingerprint density at radius 3 is 2.79 bits per heavy atom. The van der Waals surface area contributed by atoms with Crippen molar-refractivity contribution in [2.75, 3.05) is 0 Å². The molecule has 146 valence electrons. The second-order valence-corrected chi connectivity index (χ2v) is 8.60. The number of aliphatic hydroxyl groups excluding tert-OH is 1. The zero-order valence-corrected chi connectivity index (χ0v) is 16.7. The first-order valence-corrected chi connectivity index (χ1v) is 10.2. The van der Waals surface area contributed by atoms with E-state index in [-0.39, 0.29) is 17.7 Å². The van der Waals surface area contributed by atoms with Gasteiger partial charge in [-0.15, -0.1) is 11.3 Å². The van der Waals surface area contributed by atoms with Gasteiger partial charge in [0.05, 0.1) is 17.4 Å². The predicted octanol–water partition coefficient (Wildman–Crippen LogP) is 4.70. The second kappa shape index (κ2) is 7.78. The number of halogens is 1. The molecule has 29 heavy (non-hydrogen) atoms. The lowest BCUT2D eigenvalue weighted by molar-refractivity contribution is 0.0678. The van der Waals surface area contributed by atoms with Crippen molar-refractivity contribution >= 4 is 22.6 Å². The number of nitriles is 1. The highest BCUT2D eigenvalue weighted by Gasteiger charge is 2.26. The molecule has 4 nitrogen and oxygen atoms in total. The van der Waals surface area contributed by atoms with Gasteiger partial charge in [0.2, 0.25) is 0 Å². The van der Waals surface area contributed by atoms with Crippen LogP contribution < -0.4 is 5.32 Å². The highest BCUT2D eigenvalue weighted by atomic mass is 32.1. The molecule has 0 radical (unpaired) electrons. The van der Waals surface area contributed by atoms with Gasteiger partial charge in [-0.1, -0.05) is 12.1 Å². The Kier molecular flexibility index (Phi) is 5.18. The quantitative estimate of drug-likeness (QED) is 0.689. The smallest absolute Gasteiger partial charge is 0.141 e. The van der Waals surface area contributed by atoms with Crippen molar-refractivity contribution in [3.05, 3.63) is 75.4 Å². The van der Waals surface area contributed by atoms with Crippen LogP contribution in [0.2, 0.25) is 0 Å². The fourth-order valence-electron chi connectivity index (χ4n) is 3.47. The number of thiophene rings is 1. The average Bonchev–Trinajstić information content (AvgIpc) is 3.07. The molecule has 2 aliphatic rings. The molecule has 1 aromatic carbocycles. The number of benzene rings is 1. The molecule has 0 spiro atoms. The van der Waals surface area contributed by atoms with E-state index in [1.165, 1.54) is 12.1 Å². The lowest BCUT2D eigenvalue weighted by atomic mass is 9.89. The monoisotopic (exact) mass is 405 g/mol. The lowest BCUT2D eigenvalue weighted by Gasteiger charge is -2.31. The van der Waals surface area contributed by atoms with Gasteiger partial charge in [-0.3, -0.25) is 0 Å². The Morgan fingerprint density at radius 1 is 1.31 bits per heavy atom. The Labute approximate surface area is 172 Å². The molecule has 0 aliphatic heterocycles. The number of rotatable bonds is 4. The van der Waals surface area contributed by atoms with Crippen molar-refractivity contribution in [1.29, 1.82) is 10.7 Å². The Bertz CT molecular complexity index is 1110. The molecule has 1 heterocycles. The standard InChI is InChI=1S/C23H20FN3OS/c1-13-6-20(14-2-3-16(11-25)21(24)8-14)23(29-13)15-4-5-22(26)17(7-15)12-27-18-9-19(28)10-18/h2-8,12,18-19,26-28H,9-10H2,1H3/b17-12-,26-22?. The van der Waals surface area contributed by atoms with Gasteiger partial charge in [-0.05, 0) is 61.3 Å². The van der Waals surface area contributed by atoms with E-state index >= 15 is 0 Å². The molecule has 1 aromatic heterocycles. The van der Waals surface area contributed by atoms with Crippen LogP contribution in [0.4, 0.5) is 4.39 Å². The van der Waals surface area contributed by atoms with E-state index in [1.54, 1.807) is 23.5 Å². The van der Waals surface area contributed by atoms with Gasteiger partial charge in [0.15, 0.2) is 0 Å². The third kappa shape index (κ3) is 3.93. The van der Waals surface area contributed by atoms with Crippen LogP contribution in [0.15, 0.2) is 54.3 Å². The number of nitrogens with one attached hydrogen (secondary N) is 2. The molecule has 6 heteroatoms. The maximum absolute atomic E-state index is 14.2. The fourth-order valence-corrected chi connectivity index (χ4v) is 4.50. The van der Waals surface area contributed by atoms with Gasteiger partial charge in [0.1, 0.15) is 11.9 Å². The number of hydrogen-bond acceptors (Lipinski definition) is 5. The number of nitrogens with zero attached hydrogens (tertiary/aromatic N) is 1. The Hall–Kier alpha value is -3.01. The Balaban J connectivity index is 1.67. The molecule has 1 saturated carbocycles. The normalized spacial score (nSPS) is 22.2. The number of hydrogen-bond donors (Lipinski definition) is 3. The number of allylic oxidation sites excluding steroid dienone is 5. The van der Waals surface area contributed by atoms with Crippen LogP contribution >= 0.6 is 11.3 Å². The summed E-state index contributed by atoms with van der Waals surface area (Å²) in [7, 11) is 0. The highest BCUT2D eigenvalue weighted by molar-refractivity contribution is 7.13.